The second-order valence-corrected chi connectivity index (χ2v) is 4.14. The third-order valence-electron chi connectivity index (χ3n) is 2.76. The van der Waals surface area contributed by atoms with Gasteiger partial charge in [-0.05, 0) is 31.2 Å². The third kappa shape index (κ3) is 3.12. The van der Waals surface area contributed by atoms with Gasteiger partial charge in [0.1, 0.15) is 17.6 Å². The van der Waals surface area contributed by atoms with Gasteiger partial charge in [0, 0.05) is 12.1 Å². The van der Waals surface area contributed by atoms with Gasteiger partial charge >= 0.3 is 0 Å². The largest absolute Gasteiger partial charge is 0.508 e. The maximum absolute atomic E-state index is 9.40. The van der Waals surface area contributed by atoms with Crippen LogP contribution in [0.15, 0.2) is 30.3 Å². The van der Waals surface area contributed by atoms with Crippen LogP contribution in [0.25, 0.3) is 0 Å². The van der Waals surface area contributed by atoms with Gasteiger partial charge in [0.05, 0.1) is 19.8 Å². The van der Waals surface area contributed by atoms with Crippen molar-refractivity contribution in [2.45, 2.75) is 13.0 Å². The summed E-state index contributed by atoms with van der Waals surface area (Å²) in [6.45, 7) is 1.87. The van der Waals surface area contributed by atoms with Crippen LogP contribution in [-0.2, 0) is 0 Å². The van der Waals surface area contributed by atoms with E-state index in [9.17, 15) is 5.11 Å². The molecule has 0 bridgehead atoms. The predicted molar refractivity (Wildman–Crippen MR) is 73.3 cm³/mol. The topological polar surface area (TPSA) is 60.8 Å². The summed E-state index contributed by atoms with van der Waals surface area (Å²) >= 11 is 0. The van der Waals surface area contributed by atoms with Gasteiger partial charge in [0.25, 0.3) is 0 Å². The minimum absolute atomic E-state index is 0.106. The maximum Gasteiger partial charge on any atom is 0.223 e. The average Bonchev–Trinajstić information content (AvgIpc) is 2.46. The summed E-state index contributed by atoms with van der Waals surface area (Å²) in [7, 11) is 3.09. The summed E-state index contributed by atoms with van der Waals surface area (Å²) in [5.41, 5.74) is 0.789. The van der Waals surface area contributed by atoms with Crippen molar-refractivity contribution in [3.8, 4) is 23.3 Å². The fourth-order valence-corrected chi connectivity index (χ4v) is 1.79. The fourth-order valence-electron chi connectivity index (χ4n) is 1.79. The molecule has 20 heavy (non-hydrogen) atoms. The van der Waals surface area contributed by atoms with Crippen LogP contribution >= 0.6 is 0 Å². The minimum Gasteiger partial charge on any atom is -0.508 e. The molecule has 1 atom stereocenters. The van der Waals surface area contributed by atoms with E-state index >= 15 is 0 Å². The fraction of sp³-hybridized carbons (Fsp3) is 0.267. The van der Waals surface area contributed by atoms with E-state index in [1.54, 1.807) is 26.4 Å². The second kappa shape index (κ2) is 6.14. The minimum atomic E-state index is -0.293. The summed E-state index contributed by atoms with van der Waals surface area (Å²) in [4.78, 5) is 4.21. The monoisotopic (exact) mass is 274 g/mol. The lowest BCUT2D eigenvalue weighted by molar-refractivity contribution is 0.218. The number of benzene rings is 1. The molecule has 0 amide bonds. The van der Waals surface area contributed by atoms with Gasteiger partial charge in [-0.3, -0.25) is 0 Å². The Morgan fingerprint density at radius 2 is 2.00 bits per heavy atom. The number of aromatic nitrogens is 1. The van der Waals surface area contributed by atoms with Crippen molar-refractivity contribution in [3.05, 3.63) is 42.0 Å². The van der Waals surface area contributed by atoms with Crippen molar-refractivity contribution in [2.75, 3.05) is 14.2 Å². The quantitative estimate of drug-likeness (QED) is 0.908. The summed E-state index contributed by atoms with van der Waals surface area (Å²) < 4.78 is 16.0. The Morgan fingerprint density at radius 3 is 2.65 bits per heavy atom. The highest BCUT2D eigenvalue weighted by atomic mass is 16.5. The molecule has 105 valence electrons. The van der Waals surface area contributed by atoms with Crippen LogP contribution in [0.1, 0.15) is 18.6 Å². The molecule has 1 heterocycles. The van der Waals surface area contributed by atoms with E-state index < -0.39 is 0 Å². The number of ether oxygens (including phenoxy) is 3. The highest BCUT2D eigenvalue weighted by Crippen LogP contribution is 2.30. The summed E-state index contributed by atoms with van der Waals surface area (Å²) in [5, 5.41) is 9.40. The van der Waals surface area contributed by atoms with Crippen LogP contribution in [0.2, 0.25) is 0 Å². The zero-order valence-corrected chi connectivity index (χ0v) is 11.6. The number of hydrogen-bond donors (Lipinski definition) is 1. The van der Waals surface area contributed by atoms with Crippen molar-refractivity contribution >= 4 is 0 Å². The Bertz CT molecular complexity index is 586. The molecule has 1 unspecified atom stereocenters. The molecule has 0 aliphatic carbocycles. The van der Waals surface area contributed by atoms with E-state index in [-0.39, 0.29) is 11.9 Å². The molecular formula is C15H16NO4. The van der Waals surface area contributed by atoms with Crippen molar-refractivity contribution < 1.29 is 19.3 Å². The molecular weight excluding hydrogens is 258 g/mol. The number of pyridine rings is 1. The Morgan fingerprint density at radius 1 is 1.20 bits per heavy atom. The van der Waals surface area contributed by atoms with Crippen LogP contribution < -0.4 is 14.2 Å². The summed E-state index contributed by atoms with van der Waals surface area (Å²) in [5.74, 6) is 1.55. The molecule has 1 aromatic heterocycles. The zero-order chi connectivity index (χ0) is 14.5. The molecule has 0 saturated carbocycles. The van der Waals surface area contributed by atoms with Gasteiger partial charge in [-0.25, -0.2) is 0 Å². The van der Waals surface area contributed by atoms with Crippen LogP contribution in [0.4, 0.5) is 0 Å². The number of methoxy groups -OCH3 is 2. The predicted octanol–water partition coefficient (Wildman–Crippen LogP) is 2.74. The molecule has 2 rings (SSSR count). The molecule has 0 aliphatic rings. The molecule has 0 saturated heterocycles. The number of phenols is 1. The molecule has 0 spiro atoms. The van der Waals surface area contributed by atoms with Gasteiger partial charge in [-0.1, -0.05) is 0 Å². The van der Waals surface area contributed by atoms with E-state index in [0.717, 1.165) is 5.56 Å². The van der Waals surface area contributed by atoms with Crippen molar-refractivity contribution in [3.63, 3.8) is 0 Å². The van der Waals surface area contributed by atoms with Crippen LogP contribution in [0.3, 0.4) is 0 Å². The molecule has 0 fully saturated rings. The lowest BCUT2D eigenvalue weighted by atomic mass is 10.1. The van der Waals surface area contributed by atoms with Crippen LogP contribution in [0, 0.1) is 6.07 Å². The smallest absolute Gasteiger partial charge is 0.223 e. The Labute approximate surface area is 117 Å². The highest BCUT2D eigenvalue weighted by Gasteiger charge is 2.15. The average molecular weight is 274 g/mol. The Balaban J connectivity index is 2.22. The van der Waals surface area contributed by atoms with E-state index in [0.29, 0.717) is 17.5 Å². The number of rotatable bonds is 5. The second-order valence-electron chi connectivity index (χ2n) is 4.14. The van der Waals surface area contributed by atoms with E-state index in [4.69, 9.17) is 14.2 Å². The molecule has 0 aliphatic heterocycles. The van der Waals surface area contributed by atoms with Gasteiger partial charge < -0.3 is 19.3 Å². The molecule has 1 N–H and O–H groups in total. The van der Waals surface area contributed by atoms with Gasteiger partial charge in [-0.15, -0.1) is 0 Å². The van der Waals surface area contributed by atoms with Crippen LogP contribution in [0.5, 0.6) is 23.3 Å². The zero-order valence-electron chi connectivity index (χ0n) is 11.6. The molecule has 1 aromatic carbocycles. The molecule has 1 radical (unpaired) electrons. The first-order chi connectivity index (χ1) is 9.63. The van der Waals surface area contributed by atoms with E-state index in [1.165, 1.54) is 12.1 Å². The standard InChI is InChI=1S/C15H16NO4/c1-10(20-12-6-4-5-11(17)9-12)13-7-8-14(18-2)16-15(13)19-3/h5-10,17H,1-3H3. The first-order valence-corrected chi connectivity index (χ1v) is 6.09. The van der Waals surface area contributed by atoms with Gasteiger partial charge in [-0.2, -0.15) is 4.98 Å². The molecule has 5 heteroatoms. The SMILES string of the molecule is COc1ccc(C(C)Oc2c[c]cc(O)c2)c(OC)n1. The maximum atomic E-state index is 9.40. The number of aromatic hydroxyl groups is 1. The lowest BCUT2D eigenvalue weighted by Gasteiger charge is -2.17. The lowest BCUT2D eigenvalue weighted by Crippen LogP contribution is -2.06. The molecule has 5 nitrogen and oxygen atoms in total. The Hall–Kier alpha value is -2.43. The summed E-state index contributed by atoms with van der Waals surface area (Å²) in [6, 6.07) is 11.0. The molecule has 2 aromatic rings. The summed E-state index contributed by atoms with van der Waals surface area (Å²) in [6.07, 6.45) is -0.293. The first-order valence-electron chi connectivity index (χ1n) is 6.09. The number of nitrogens with zero attached hydrogens (tertiary/aromatic N) is 1. The van der Waals surface area contributed by atoms with Gasteiger partial charge in [0.2, 0.25) is 11.8 Å². The van der Waals surface area contributed by atoms with Crippen molar-refractivity contribution in [1.82, 2.24) is 4.98 Å². The van der Waals surface area contributed by atoms with Gasteiger partial charge in [0.15, 0.2) is 0 Å². The van der Waals surface area contributed by atoms with Crippen LogP contribution in [-0.4, -0.2) is 24.3 Å². The first kappa shape index (κ1) is 14.0. The highest BCUT2D eigenvalue weighted by molar-refractivity contribution is 5.35. The Kier molecular flexibility index (Phi) is 4.30. The van der Waals surface area contributed by atoms with E-state index in [1.807, 2.05) is 13.0 Å². The van der Waals surface area contributed by atoms with E-state index in [2.05, 4.69) is 11.1 Å². The third-order valence-corrected chi connectivity index (χ3v) is 2.76. The van der Waals surface area contributed by atoms with Crippen molar-refractivity contribution in [2.24, 2.45) is 0 Å². The normalized spacial score (nSPS) is 11.8. The number of phenolic OH excluding ortho intramolecular Hbond substituents is 1. The van der Waals surface area contributed by atoms with Crippen molar-refractivity contribution in [1.29, 1.82) is 0 Å². The number of hydrogen-bond acceptors (Lipinski definition) is 5.